The molecule has 20 heavy (non-hydrogen) atoms. The van der Waals surface area contributed by atoms with Crippen LogP contribution in [0.15, 0.2) is 0 Å². The first kappa shape index (κ1) is 16.4. The van der Waals surface area contributed by atoms with E-state index in [1.165, 1.54) is 51.4 Å². The minimum absolute atomic E-state index is 0.659. The molecule has 0 aromatic carbocycles. The highest BCUT2D eigenvalue weighted by Gasteiger charge is 2.31. The van der Waals surface area contributed by atoms with Crippen molar-refractivity contribution < 1.29 is 0 Å². The molecule has 3 atom stereocenters. The summed E-state index contributed by atoms with van der Waals surface area (Å²) in [5.41, 5.74) is 0.659. The fourth-order valence-electron chi connectivity index (χ4n) is 4.80. The Morgan fingerprint density at radius 2 is 1.30 bits per heavy atom. The standard InChI is InChI=1S/C11H20.C9H18/c1-9-5-4-7-10-6-2-3-8-11(9)10;1-8-4-6-9(2,3)7-5-8/h9-11H,2-8H2,1H3;8H,4-7H2,1-3H3. The minimum atomic E-state index is 0.659. The van der Waals surface area contributed by atoms with Gasteiger partial charge in [-0.1, -0.05) is 79.1 Å². The Hall–Kier alpha value is 0. The molecule has 0 aromatic rings. The molecular weight excluding hydrogens is 240 g/mol. The van der Waals surface area contributed by atoms with Crippen molar-refractivity contribution >= 4 is 0 Å². The van der Waals surface area contributed by atoms with Crippen LogP contribution in [0.3, 0.4) is 0 Å². The molecule has 3 saturated carbocycles. The maximum absolute atomic E-state index is 2.47. The van der Waals surface area contributed by atoms with Crippen molar-refractivity contribution in [1.29, 1.82) is 0 Å². The molecule has 0 saturated heterocycles. The molecule has 0 heteroatoms. The Kier molecular flexibility index (Phi) is 5.99. The highest BCUT2D eigenvalue weighted by molar-refractivity contribution is 4.83. The molecule has 0 aromatic heterocycles. The number of hydrogen-bond donors (Lipinski definition) is 0. The molecule has 3 rings (SSSR count). The normalized spacial score (nSPS) is 37.5. The molecule has 0 bridgehead atoms. The molecule has 0 radical (unpaired) electrons. The van der Waals surface area contributed by atoms with Gasteiger partial charge in [-0.2, -0.15) is 0 Å². The van der Waals surface area contributed by atoms with Crippen molar-refractivity contribution in [3.8, 4) is 0 Å². The Balaban J connectivity index is 0.000000151. The SMILES string of the molecule is CC1CCC(C)(C)CC1.CC1CCCC2CCCCC12. The van der Waals surface area contributed by atoms with Gasteiger partial charge >= 0.3 is 0 Å². The van der Waals surface area contributed by atoms with Crippen LogP contribution < -0.4 is 0 Å². The van der Waals surface area contributed by atoms with Crippen molar-refractivity contribution in [2.75, 3.05) is 0 Å². The van der Waals surface area contributed by atoms with Crippen molar-refractivity contribution in [1.82, 2.24) is 0 Å². The van der Waals surface area contributed by atoms with E-state index in [4.69, 9.17) is 0 Å². The molecule has 3 unspecified atom stereocenters. The average molecular weight is 279 g/mol. The van der Waals surface area contributed by atoms with Gasteiger partial charge in [0.2, 0.25) is 0 Å². The molecule has 3 aliphatic rings. The fourth-order valence-corrected chi connectivity index (χ4v) is 4.80. The van der Waals surface area contributed by atoms with Gasteiger partial charge in [-0.3, -0.25) is 0 Å². The summed E-state index contributed by atoms with van der Waals surface area (Å²) in [6.07, 6.45) is 16.5. The zero-order valence-corrected chi connectivity index (χ0v) is 14.6. The summed E-state index contributed by atoms with van der Waals surface area (Å²) >= 11 is 0. The third-order valence-electron chi connectivity index (χ3n) is 6.56. The highest BCUT2D eigenvalue weighted by Crippen LogP contribution is 2.43. The van der Waals surface area contributed by atoms with Crippen molar-refractivity contribution in [3.05, 3.63) is 0 Å². The lowest BCUT2D eigenvalue weighted by molar-refractivity contribution is 0.114. The van der Waals surface area contributed by atoms with Gasteiger partial charge in [0.15, 0.2) is 0 Å². The average Bonchev–Trinajstić information content (AvgIpc) is 2.44. The van der Waals surface area contributed by atoms with Crippen LogP contribution in [0.25, 0.3) is 0 Å². The quantitative estimate of drug-likeness (QED) is 0.455. The largest absolute Gasteiger partial charge is 0.0625 e. The van der Waals surface area contributed by atoms with Gasteiger partial charge < -0.3 is 0 Å². The zero-order chi connectivity index (χ0) is 14.6. The van der Waals surface area contributed by atoms with E-state index in [-0.39, 0.29) is 0 Å². The summed E-state index contributed by atoms with van der Waals surface area (Å²) in [6.45, 7) is 9.62. The van der Waals surface area contributed by atoms with E-state index in [1.54, 1.807) is 19.3 Å². The summed E-state index contributed by atoms with van der Waals surface area (Å²) in [5.74, 6) is 4.30. The third-order valence-corrected chi connectivity index (χ3v) is 6.56. The van der Waals surface area contributed by atoms with Crippen molar-refractivity contribution in [2.24, 2.45) is 29.1 Å². The van der Waals surface area contributed by atoms with E-state index < -0.39 is 0 Å². The van der Waals surface area contributed by atoms with Crippen LogP contribution in [0, 0.1) is 29.1 Å². The van der Waals surface area contributed by atoms with Crippen LogP contribution in [-0.2, 0) is 0 Å². The van der Waals surface area contributed by atoms with E-state index in [0.29, 0.717) is 5.41 Å². The highest BCUT2D eigenvalue weighted by atomic mass is 14.4. The summed E-state index contributed by atoms with van der Waals surface area (Å²) in [5, 5.41) is 0. The molecule has 0 spiro atoms. The molecule has 3 fully saturated rings. The molecular formula is C20H38. The lowest BCUT2D eigenvalue weighted by Gasteiger charge is -2.39. The van der Waals surface area contributed by atoms with E-state index in [1.807, 2.05) is 0 Å². The molecule has 0 aliphatic heterocycles. The maximum atomic E-state index is 2.47. The number of fused-ring (bicyclic) bond motifs is 1. The summed E-state index contributed by atoms with van der Waals surface area (Å²) in [4.78, 5) is 0. The van der Waals surface area contributed by atoms with Gasteiger partial charge in [-0.25, -0.2) is 0 Å². The summed E-state index contributed by atoms with van der Waals surface area (Å²) in [7, 11) is 0. The zero-order valence-electron chi connectivity index (χ0n) is 14.6. The van der Waals surface area contributed by atoms with Gasteiger partial charge in [-0.05, 0) is 48.3 Å². The van der Waals surface area contributed by atoms with Crippen LogP contribution in [-0.4, -0.2) is 0 Å². The molecule has 0 amide bonds. The Labute approximate surface area is 128 Å². The van der Waals surface area contributed by atoms with Gasteiger partial charge in [0.05, 0.1) is 0 Å². The van der Waals surface area contributed by atoms with E-state index in [0.717, 1.165) is 23.7 Å². The smallest absolute Gasteiger partial charge is 0.0354 e. The molecule has 118 valence electrons. The molecule has 3 aliphatic carbocycles. The van der Waals surface area contributed by atoms with Gasteiger partial charge in [0, 0.05) is 0 Å². The Morgan fingerprint density at radius 3 is 1.90 bits per heavy atom. The lowest BCUT2D eigenvalue weighted by atomic mass is 9.66. The van der Waals surface area contributed by atoms with Crippen LogP contribution in [0.4, 0.5) is 0 Å². The molecule has 0 heterocycles. The van der Waals surface area contributed by atoms with Gasteiger partial charge in [-0.15, -0.1) is 0 Å². The van der Waals surface area contributed by atoms with E-state index in [9.17, 15) is 0 Å². The van der Waals surface area contributed by atoms with E-state index in [2.05, 4.69) is 27.7 Å². The topological polar surface area (TPSA) is 0 Å². The van der Waals surface area contributed by atoms with Crippen LogP contribution >= 0.6 is 0 Å². The molecule has 0 nitrogen and oxygen atoms in total. The first-order valence-electron chi connectivity index (χ1n) is 9.48. The summed E-state index contributed by atoms with van der Waals surface area (Å²) in [6, 6.07) is 0. The van der Waals surface area contributed by atoms with Gasteiger partial charge in [0.1, 0.15) is 0 Å². The second-order valence-corrected chi connectivity index (χ2v) is 8.96. The fraction of sp³-hybridized carbons (Fsp3) is 1.00. The van der Waals surface area contributed by atoms with E-state index >= 15 is 0 Å². The van der Waals surface area contributed by atoms with Gasteiger partial charge in [0.25, 0.3) is 0 Å². The number of hydrogen-bond acceptors (Lipinski definition) is 0. The van der Waals surface area contributed by atoms with Crippen LogP contribution in [0.2, 0.25) is 0 Å². The maximum Gasteiger partial charge on any atom is -0.0354 e. The predicted octanol–water partition coefficient (Wildman–Crippen LogP) is 6.84. The summed E-state index contributed by atoms with van der Waals surface area (Å²) < 4.78 is 0. The Bertz CT molecular complexity index is 266. The monoisotopic (exact) mass is 278 g/mol. The van der Waals surface area contributed by atoms with Crippen LogP contribution in [0.1, 0.15) is 98.3 Å². The predicted molar refractivity (Wildman–Crippen MR) is 89.9 cm³/mol. The van der Waals surface area contributed by atoms with Crippen LogP contribution in [0.5, 0.6) is 0 Å². The third kappa shape index (κ3) is 4.78. The second-order valence-electron chi connectivity index (χ2n) is 8.96. The first-order chi connectivity index (χ1) is 9.48. The second kappa shape index (κ2) is 7.32. The van der Waals surface area contributed by atoms with Crippen molar-refractivity contribution in [3.63, 3.8) is 0 Å². The Morgan fingerprint density at radius 1 is 0.700 bits per heavy atom. The first-order valence-corrected chi connectivity index (χ1v) is 9.48. The lowest BCUT2D eigenvalue weighted by Crippen LogP contribution is -2.29. The van der Waals surface area contributed by atoms with Crippen molar-refractivity contribution in [2.45, 2.75) is 98.3 Å². The minimum Gasteiger partial charge on any atom is -0.0625 e. The molecule has 0 N–H and O–H groups in total. The number of rotatable bonds is 0.